The SMILES string of the molecule is C[C@@H]1CN(CCCn2ccnc2)CCN1. The van der Waals surface area contributed by atoms with Crippen molar-refractivity contribution in [3.63, 3.8) is 0 Å². The van der Waals surface area contributed by atoms with E-state index in [0.29, 0.717) is 6.04 Å². The van der Waals surface area contributed by atoms with Crippen LogP contribution in [-0.2, 0) is 6.54 Å². The van der Waals surface area contributed by atoms with Gasteiger partial charge >= 0.3 is 0 Å². The van der Waals surface area contributed by atoms with Crippen LogP contribution in [0, 0.1) is 0 Å². The van der Waals surface area contributed by atoms with Gasteiger partial charge in [0.2, 0.25) is 0 Å². The predicted octanol–water partition coefficient (Wildman–Crippen LogP) is 0.567. The van der Waals surface area contributed by atoms with E-state index >= 15 is 0 Å². The molecule has 1 fully saturated rings. The molecule has 84 valence electrons. The summed E-state index contributed by atoms with van der Waals surface area (Å²) in [6.07, 6.45) is 6.97. The molecule has 0 amide bonds. The first-order valence-corrected chi connectivity index (χ1v) is 5.76. The second-order valence-electron chi connectivity index (χ2n) is 4.31. The minimum atomic E-state index is 0.645. The third-order valence-corrected chi connectivity index (χ3v) is 2.90. The summed E-state index contributed by atoms with van der Waals surface area (Å²) < 4.78 is 2.14. The van der Waals surface area contributed by atoms with E-state index in [1.807, 2.05) is 18.7 Å². The van der Waals surface area contributed by atoms with Gasteiger partial charge in [0.25, 0.3) is 0 Å². The number of piperazine rings is 1. The van der Waals surface area contributed by atoms with E-state index in [-0.39, 0.29) is 0 Å². The van der Waals surface area contributed by atoms with Gasteiger partial charge in [0.05, 0.1) is 6.33 Å². The van der Waals surface area contributed by atoms with Gasteiger partial charge in [-0.25, -0.2) is 4.98 Å². The highest BCUT2D eigenvalue weighted by Crippen LogP contribution is 2.00. The van der Waals surface area contributed by atoms with Crippen LogP contribution in [0.3, 0.4) is 0 Å². The lowest BCUT2D eigenvalue weighted by molar-refractivity contribution is 0.202. The van der Waals surface area contributed by atoms with Crippen LogP contribution in [0.5, 0.6) is 0 Å². The molecule has 1 aromatic heterocycles. The molecule has 2 rings (SSSR count). The van der Waals surface area contributed by atoms with Crippen molar-refractivity contribution in [1.82, 2.24) is 19.8 Å². The molecule has 1 atom stereocenters. The molecule has 4 nitrogen and oxygen atoms in total. The summed E-state index contributed by atoms with van der Waals surface area (Å²) in [6.45, 7) is 8.04. The van der Waals surface area contributed by atoms with Crippen molar-refractivity contribution in [2.45, 2.75) is 25.9 Å². The second-order valence-corrected chi connectivity index (χ2v) is 4.31. The zero-order valence-corrected chi connectivity index (χ0v) is 9.39. The van der Waals surface area contributed by atoms with E-state index in [2.05, 4.69) is 26.7 Å². The number of rotatable bonds is 4. The molecule has 0 aliphatic carbocycles. The number of hydrogen-bond donors (Lipinski definition) is 1. The first-order valence-electron chi connectivity index (χ1n) is 5.76. The molecule has 1 aromatic rings. The molecule has 1 saturated heterocycles. The molecule has 0 radical (unpaired) electrons. The van der Waals surface area contributed by atoms with Crippen molar-refractivity contribution in [2.75, 3.05) is 26.2 Å². The van der Waals surface area contributed by atoms with E-state index in [0.717, 1.165) is 13.1 Å². The fraction of sp³-hybridized carbons (Fsp3) is 0.727. The summed E-state index contributed by atoms with van der Waals surface area (Å²) in [4.78, 5) is 6.58. The van der Waals surface area contributed by atoms with Crippen LogP contribution in [0.15, 0.2) is 18.7 Å². The monoisotopic (exact) mass is 208 g/mol. The van der Waals surface area contributed by atoms with Crippen molar-refractivity contribution in [3.8, 4) is 0 Å². The Morgan fingerprint density at radius 2 is 2.40 bits per heavy atom. The van der Waals surface area contributed by atoms with Crippen molar-refractivity contribution < 1.29 is 0 Å². The van der Waals surface area contributed by atoms with Crippen LogP contribution >= 0.6 is 0 Å². The lowest BCUT2D eigenvalue weighted by atomic mass is 10.2. The standard InChI is InChI=1S/C11H20N4/c1-11-9-14(8-4-13-11)5-2-6-15-7-3-12-10-15/h3,7,10-11,13H,2,4-6,8-9H2,1H3/t11-/m1/s1. The first kappa shape index (κ1) is 10.6. The zero-order chi connectivity index (χ0) is 10.5. The van der Waals surface area contributed by atoms with Crippen molar-refractivity contribution in [2.24, 2.45) is 0 Å². The summed E-state index contributed by atoms with van der Waals surface area (Å²) in [5.41, 5.74) is 0. The molecule has 4 heteroatoms. The Bertz CT molecular complexity index is 270. The number of imidazole rings is 1. The fourth-order valence-corrected chi connectivity index (χ4v) is 2.11. The second kappa shape index (κ2) is 5.28. The minimum absolute atomic E-state index is 0.645. The maximum absolute atomic E-state index is 4.04. The van der Waals surface area contributed by atoms with Crippen LogP contribution in [-0.4, -0.2) is 46.7 Å². The molecule has 1 aliphatic heterocycles. The summed E-state index contributed by atoms with van der Waals surface area (Å²) in [7, 11) is 0. The molecule has 1 aliphatic rings. The summed E-state index contributed by atoms with van der Waals surface area (Å²) in [6, 6.07) is 0.645. The van der Waals surface area contributed by atoms with Gasteiger partial charge in [-0.1, -0.05) is 0 Å². The van der Waals surface area contributed by atoms with E-state index in [1.165, 1.54) is 26.1 Å². The Morgan fingerprint density at radius 1 is 1.47 bits per heavy atom. The summed E-state index contributed by atoms with van der Waals surface area (Å²) in [5.74, 6) is 0. The quantitative estimate of drug-likeness (QED) is 0.785. The Kier molecular flexibility index (Phi) is 3.75. The van der Waals surface area contributed by atoms with Crippen molar-refractivity contribution in [3.05, 3.63) is 18.7 Å². The number of nitrogens with zero attached hydrogens (tertiary/aromatic N) is 3. The smallest absolute Gasteiger partial charge is 0.0945 e. The molecular formula is C11H20N4. The van der Waals surface area contributed by atoms with Crippen molar-refractivity contribution >= 4 is 0 Å². The highest BCUT2D eigenvalue weighted by molar-refractivity contribution is 4.76. The van der Waals surface area contributed by atoms with Crippen molar-refractivity contribution in [1.29, 1.82) is 0 Å². The number of nitrogens with one attached hydrogen (secondary N) is 1. The molecule has 15 heavy (non-hydrogen) atoms. The van der Waals surface area contributed by atoms with Gasteiger partial charge in [-0.15, -0.1) is 0 Å². The molecular weight excluding hydrogens is 188 g/mol. The lowest BCUT2D eigenvalue weighted by Crippen LogP contribution is -2.49. The van der Waals surface area contributed by atoms with Crippen LogP contribution in [0.1, 0.15) is 13.3 Å². The molecule has 1 N–H and O–H groups in total. The Morgan fingerprint density at radius 3 is 3.13 bits per heavy atom. The van der Waals surface area contributed by atoms with Gasteiger partial charge in [0, 0.05) is 44.6 Å². The Labute approximate surface area is 91.3 Å². The maximum atomic E-state index is 4.04. The zero-order valence-electron chi connectivity index (χ0n) is 9.39. The Balaban J connectivity index is 1.65. The molecule has 0 bridgehead atoms. The van der Waals surface area contributed by atoms with Gasteiger partial charge in [-0.3, -0.25) is 0 Å². The van der Waals surface area contributed by atoms with Gasteiger partial charge in [0.1, 0.15) is 0 Å². The van der Waals surface area contributed by atoms with Crippen LogP contribution < -0.4 is 5.32 Å². The normalized spacial score (nSPS) is 23.1. The number of aryl methyl sites for hydroxylation is 1. The number of hydrogen-bond acceptors (Lipinski definition) is 3. The molecule has 0 saturated carbocycles. The molecule has 0 spiro atoms. The van der Waals surface area contributed by atoms with E-state index < -0.39 is 0 Å². The van der Waals surface area contributed by atoms with Gasteiger partial charge in [-0.05, 0) is 19.9 Å². The Hall–Kier alpha value is -0.870. The average molecular weight is 208 g/mol. The van der Waals surface area contributed by atoms with Crippen LogP contribution in [0.4, 0.5) is 0 Å². The van der Waals surface area contributed by atoms with Gasteiger partial charge in [0.15, 0.2) is 0 Å². The minimum Gasteiger partial charge on any atom is -0.337 e. The first-order chi connectivity index (χ1) is 7.34. The van der Waals surface area contributed by atoms with E-state index in [1.54, 1.807) is 0 Å². The third kappa shape index (κ3) is 3.32. The van der Waals surface area contributed by atoms with Gasteiger partial charge in [-0.2, -0.15) is 0 Å². The van der Waals surface area contributed by atoms with E-state index in [9.17, 15) is 0 Å². The lowest BCUT2D eigenvalue weighted by Gasteiger charge is -2.31. The number of aromatic nitrogens is 2. The maximum Gasteiger partial charge on any atom is 0.0945 e. The largest absolute Gasteiger partial charge is 0.337 e. The highest BCUT2D eigenvalue weighted by atomic mass is 15.2. The summed E-state index contributed by atoms with van der Waals surface area (Å²) >= 11 is 0. The highest BCUT2D eigenvalue weighted by Gasteiger charge is 2.14. The average Bonchev–Trinajstić information content (AvgIpc) is 2.71. The van der Waals surface area contributed by atoms with Gasteiger partial charge < -0.3 is 14.8 Å². The van der Waals surface area contributed by atoms with E-state index in [4.69, 9.17) is 0 Å². The predicted molar refractivity (Wildman–Crippen MR) is 60.7 cm³/mol. The van der Waals surface area contributed by atoms with Crippen LogP contribution in [0.25, 0.3) is 0 Å². The molecule has 0 aromatic carbocycles. The third-order valence-electron chi connectivity index (χ3n) is 2.90. The topological polar surface area (TPSA) is 33.1 Å². The summed E-state index contributed by atoms with van der Waals surface area (Å²) in [5, 5.41) is 3.46. The fourth-order valence-electron chi connectivity index (χ4n) is 2.11. The molecule has 0 unspecified atom stereocenters. The molecule has 2 heterocycles. The van der Waals surface area contributed by atoms with Crippen LogP contribution in [0.2, 0.25) is 0 Å².